The van der Waals surface area contributed by atoms with Gasteiger partial charge in [0, 0.05) is 18.0 Å². The topological polar surface area (TPSA) is 35.0 Å². The molecule has 0 spiro atoms. The number of aromatic nitrogens is 2. The highest BCUT2D eigenvalue weighted by Gasteiger charge is 2.08. The van der Waals surface area contributed by atoms with Gasteiger partial charge in [0.15, 0.2) is 0 Å². The molecular weight excluding hydrogens is 188 g/mol. The maximum atomic E-state index is 5.36. The summed E-state index contributed by atoms with van der Waals surface area (Å²) in [5.41, 5.74) is 2.91. The van der Waals surface area contributed by atoms with Crippen molar-refractivity contribution in [1.29, 1.82) is 0 Å². The molecule has 1 aromatic carbocycles. The molecule has 3 heteroatoms. The van der Waals surface area contributed by atoms with Crippen LogP contribution in [-0.2, 0) is 0 Å². The zero-order valence-electron chi connectivity index (χ0n) is 8.77. The van der Waals surface area contributed by atoms with E-state index in [0.29, 0.717) is 0 Å². The minimum absolute atomic E-state index is 0.832. The van der Waals surface area contributed by atoms with Crippen molar-refractivity contribution < 1.29 is 4.74 Å². The Morgan fingerprint density at radius 2 is 2.07 bits per heavy atom. The Kier molecular flexibility index (Phi) is 2.63. The second-order valence-corrected chi connectivity index (χ2v) is 3.25. The summed E-state index contributed by atoms with van der Waals surface area (Å²) in [6.45, 7) is 2.01. The first-order valence-corrected chi connectivity index (χ1v) is 4.73. The lowest BCUT2D eigenvalue weighted by molar-refractivity contribution is 0.413. The van der Waals surface area contributed by atoms with Crippen molar-refractivity contribution in [3.8, 4) is 17.0 Å². The maximum absolute atomic E-state index is 5.36. The minimum atomic E-state index is 0.832. The van der Waals surface area contributed by atoms with E-state index in [0.717, 1.165) is 22.6 Å². The first-order valence-electron chi connectivity index (χ1n) is 4.73. The molecule has 0 atom stereocenters. The SMILES string of the molecule is COc1c(C)cccc1-c1cnccn1. The Bertz CT molecular complexity index is 454. The fourth-order valence-electron chi connectivity index (χ4n) is 1.56. The monoisotopic (exact) mass is 200 g/mol. The number of nitrogens with zero attached hydrogens (tertiary/aromatic N) is 2. The van der Waals surface area contributed by atoms with E-state index in [9.17, 15) is 0 Å². The third-order valence-electron chi connectivity index (χ3n) is 2.26. The van der Waals surface area contributed by atoms with Gasteiger partial charge in [-0.05, 0) is 18.6 Å². The van der Waals surface area contributed by atoms with Crippen LogP contribution in [0.25, 0.3) is 11.3 Å². The average molecular weight is 200 g/mol. The summed E-state index contributed by atoms with van der Waals surface area (Å²) in [6, 6.07) is 5.98. The van der Waals surface area contributed by atoms with Crippen molar-refractivity contribution in [2.75, 3.05) is 7.11 Å². The summed E-state index contributed by atoms with van der Waals surface area (Å²) >= 11 is 0. The molecule has 0 radical (unpaired) electrons. The van der Waals surface area contributed by atoms with Gasteiger partial charge in [0.25, 0.3) is 0 Å². The minimum Gasteiger partial charge on any atom is -0.496 e. The highest BCUT2D eigenvalue weighted by atomic mass is 16.5. The van der Waals surface area contributed by atoms with E-state index in [1.54, 1.807) is 25.7 Å². The molecule has 0 N–H and O–H groups in total. The number of benzene rings is 1. The molecule has 0 fully saturated rings. The Morgan fingerprint density at radius 3 is 2.73 bits per heavy atom. The fourth-order valence-corrected chi connectivity index (χ4v) is 1.56. The van der Waals surface area contributed by atoms with E-state index in [1.165, 1.54) is 0 Å². The molecule has 0 bridgehead atoms. The van der Waals surface area contributed by atoms with Gasteiger partial charge >= 0.3 is 0 Å². The number of methoxy groups -OCH3 is 1. The smallest absolute Gasteiger partial charge is 0.131 e. The number of ether oxygens (including phenoxy) is 1. The van der Waals surface area contributed by atoms with Crippen LogP contribution in [0.3, 0.4) is 0 Å². The van der Waals surface area contributed by atoms with E-state index in [1.807, 2.05) is 25.1 Å². The molecule has 0 aliphatic heterocycles. The third-order valence-corrected chi connectivity index (χ3v) is 2.26. The van der Waals surface area contributed by atoms with Crippen molar-refractivity contribution in [1.82, 2.24) is 9.97 Å². The summed E-state index contributed by atoms with van der Waals surface area (Å²) in [5, 5.41) is 0. The van der Waals surface area contributed by atoms with E-state index in [4.69, 9.17) is 4.74 Å². The van der Waals surface area contributed by atoms with Crippen LogP contribution < -0.4 is 4.74 Å². The van der Waals surface area contributed by atoms with Crippen LogP contribution in [0.1, 0.15) is 5.56 Å². The predicted octanol–water partition coefficient (Wildman–Crippen LogP) is 2.46. The summed E-state index contributed by atoms with van der Waals surface area (Å²) in [7, 11) is 1.67. The van der Waals surface area contributed by atoms with Gasteiger partial charge in [-0.3, -0.25) is 9.97 Å². The molecule has 1 heterocycles. The van der Waals surface area contributed by atoms with Crippen LogP contribution in [-0.4, -0.2) is 17.1 Å². The molecule has 2 aromatic rings. The van der Waals surface area contributed by atoms with Crippen LogP contribution in [0, 0.1) is 6.92 Å². The Balaban J connectivity index is 2.58. The second-order valence-electron chi connectivity index (χ2n) is 3.25. The van der Waals surface area contributed by atoms with Crippen LogP contribution in [0.4, 0.5) is 0 Å². The van der Waals surface area contributed by atoms with Crippen molar-refractivity contribution in [3.63, 3.8) is 0 Å². The summed E-state index contributed by atoms with van der Waals surface area (Å²) < 4.78 is 5.36. The van der Waals surface area contributed by atoms with Gasteiger partial charge in [0.2, 0.25) is 0 Å². The molecule has 15 heavy (non-hydrogen) atoms. The van der Waals surface area contributed by atoms with Gasteiger partial charge in [0.1, 0.15) is 5.75 Å². The van der Waals surface area contributed by atoms with Crippen LogP contribution in [0.15, 0.2) is 36.8 Å². The number of aryl methyl sites for hydroxylation is 1. The number of hydrogen-bond donors (Lipinski definition) is 0. The predicted molar refractivity (Wildman–Crippen MR) is 58.8 cm³/mol. The summed E-state index contributed by atoms with van der Waals surface area (Å²) in [5.74, 6) is 0.859. The summed E-state index contributed by atoms with van der Waals surface area (Å²) in [4.78, 5) is 8.30. The summed E-state index contributed by atoms with van der Waals surface area (Å²) in [6.07, 6.45) is 5.07. The molecule has 0 amide bonds. The van der Waals surface area contributed by atoms with Crippen molar-refractivity contribution >= 4 is 0 Å². The lowest BCUT2D eigenvalue weighted by Crippen LogP contribution is -1.92. The van der Waals surface area contributed by atoms with Crippen LogP contribution in [0.5, 0.6) is 5.75 Å². The van der Waals surface area contributed by atoms with Gasteiger partial charge in [0.05, 0.1) is 19.0 Å². The molecule has 0 aliphatic rings. The zero-order chi connectivity index (χ0) is 10.7. The number of para-hydroxylation sites is 1. The first-order chi connectivity index (χ1) is 7.33. The number of rotatable bonds is 2. The first kappa shape index (κ1) is 9.65. The highest BCUT2D eigenvalue weighted by Crippen LogP contribution is 2.30. The molecule has 76 valence electrons. The lowest BCUT2D eigenvalue weighted by atomic mass is 10.1. The Hall–Kier alpha value is -1.90. The second kappa shape index (κ2) is 4.09. The molecule has 0 saturated heterocycles. The van der Waals surface area contributed by atoms with E-state index >= 15 is 0 Å². The molecular formula is C12H12N2O. The molecule has 0 aliphatic carbocycles. The highest BCUT2D eigenvalue weighted by molar-refractivity contribution is 5.68. The average Bonchev–Trinajstić information content (AvgIpc) is 2.30. The standard InChI is InChI=1S/C12H12N2O/c1-9-4-3-5-10(12(9)15-2)11-8-13-6-7-14-11/h3-8H,1-2H3. The molecule has 0 unspecified atom stereocenters. The fraction of sp³-hybridized carbons (Fsp3) is 0.167. The van der Waals surface area contributed by atoms with Gasteiger partial charge in [-0.1, -0.05) is 12.1 Å². The van der Waals surface area contributed by atoms with Crippen molar-refractivity contribution in [3.05, 3.63) is 42.4 Å². The lowest BCUT2D eigenvalue weighted by Gasteiger charge is -2.09. The van der Waals surface area contributed by atoms with Crippen molar-refractivity contribution in [2.24, 2.45) is 0 Å². The molecule has 1 aromatic heterocycles. The van der Waals surface area contributed by atoms with Gasteiger partial charge < -0.3 is 4.74 Å². The molecule has 2 rings (SSSR count). The van der Waals surface area contributed by atoms with Gasteiger partial charge in [-0.25, -0.2) is 0 Å². The maximum Gasteiger partial charge on any atom is 0.131 e. The Labute approximate surface area is 88.8 Å². The van der Waals surface area contributed by atoms with E-state index in [2.05, 4.69) is 9.97 Å². The van der Waals surface area contributed by atoms with Crippen LogP contribution >= 0.6 is 0 Å². The molecule has 3 nitrogen and oxygen atoms in total. The van der Waals surface area contributed by atoms with Gasteiger partial charge in [-0.2, -0.15) is 0 Å². The van der Waals surface area contributed by atoms with E-state index in [-0.39, 0.29) is 0 Å². The van der Waals surface area contributed by atoms with Crippen LogP contribution in [0.2, 0.25) is 0 Å². The zero-order valence-corrected chi connectivity index (χ0v) is 8.77. The normalized spacial score (nSPS) is 10.0. The quantitative estimate of drug-likeness (QED) is 0.747. The Morgan fingerprint density at radius 1 is 1.20 bits per heavy atom. The third kappa shape index (κ3) is 1.81. The van der Waals surface area contributed by atoms with E-state index < -0.39 is 0 Å². The van der Waals surface area contributed by atoms with Gasteiger partial charge in [-0.15, -0.1) is 0 Å². The van der Waals surface area contributed by atoms with Crippen molar-refractivity contribution in [2.45, 2.75) is 6.92 Å². The number of hydrogen-bond acceptors (Lipinski definition) is 3. The molecule has 0 saturated carbocycles. The largest absolute Gasteiger partial charge is 0.496 e.